The molecule has 2 N–H and O–H groups in total. The van der Waals surface area contributed by atoms with Gasteiger partial charge in [0.2, 0.25) is 0 Å². The number of rotatable bonds is 7. The first kappa shape index (κ1) is 26.6. The van der Waals surface area contributed by atoms with Gasteiger partial charge in [-0.2, -0.15) is 13.2 Å². The van der Waals surface area contributed by atoms with E-state index in [2.05, 4.69) is 25.8 Å². The highest BCUT2D eigenvalue weighted by molar-refractivity contribution is 6.16. The molecule has 1 fully saturated rings. The van der Waals surface area contributed by atoms with Gasteiger partial charge in [0.05, 0.1) is 23.1 Å². The molecule has 41 heavy (non-hydrogen) atoms. The lowest BCUT2D eigenvalue weighted by Crippen LogP contribution is -2.29. The monoisotopic (exact) mass is 562 g/mol. The Labute approximate surface area is 232 Å². The number of nitrogens with one attached hydrogen (secondary N) is 2. The van der Waals surface area contributed by atoms with Crippen molar-refractivity contribution in [2.45, 2.75) is 37.7 Å². The first-order chi connectivity index (χ1) is 19.8. The fraction of sp³-hybridized carbons (Fsp3) is 0.276. The number of hydrogen-bond donors (Lipinski definition) is 2. The van der Waals surface area contributed by atoms with Crippen LogP contribution in [0.3, 0.4) is 0 Å². The van der Waals surface area contributed by atoms with Crippen LogP contribution in [0.2, 0.25) is 0 Å². The summed E-state index contributed by atoms with van der Waals surface area (Å²) in [5.41, 5.74) is 2.36. The Kier molecular flexibility index (Phi) is 7.23. The highest BCUT2D eigenvalue weighted by atomic mass is 19.4. The van der Waals surface area contributed by atoms with Crippen LogP contribution in [0.5, 0.6) is 0 Å². The van der Waals surface area contributed by atoms with E-state index < -0.39 is 17.9 Å². The largest absolute Gasteiger partial charge is 0.417 e. The number of Topliss-reactive ketones (excluding diaryl/α,β-unsaturated/α-hetero) is 1. The van der Waals surface area contributed by atoms with Crippen molar-refractivity contribution in [2.75, 3.05) is 23.8 Å². The highest BCUT2D eigenvalue weighted by Crippen LogP contribution is 2.34. The summed E-state index contributed by atoms with van der Waals surface area (Å²) in [5, 5.41) is 13.9. The van der Waals surface area contributed by atoms with Crippen LogP contribution < -0.4 is 10.6 Å². The van der Waals surface area contributed by atoms with Crippen molar-refractivity contribution in [3.63, 3.8) is 0 Å². The number of alkyl halides is 3. The Bertz CT molecular complexity index is 1580. The Morgan fingerprint density at radius 1 is 1.02 bits per heavy atom. The lowest BCUT2D eigenvalue weighted by Gasteiger charge is -2.15. The average Bonchev–Trinajstić information content (AvgIpc) is 3.64. The molecular formula is C29H25F3N6O3. The lowest BCUT2D eigenvalue weighted by molar-refractivity contribution is -0.137. The Balaban J connectivity index is 1.29. The number of carbonyl (C=O) groups is 1. The molecule has 2 aromatic carbocycles. The number of halogens is 3. The molecule has 2 aliphatic rings. The molecule has 0 bridgehead atoms. The van der Waals surface area contributed by atoms with Crippen LogP contribution in [0.25, 0.3) is 11.6 Å². The number of aromatic nitrogens is 3. The molecule has 1 saturated heterocycles. The number of fused-ring (bicyclic) bond motifs is 1. The van der Waals surface area contributed by atoms with Crippen molar-refractivity contribution in [3.8, 4) is 11.6 Å². The quantitative estimate of drug-likeness (QED) is 0.318. The minimum absolute atomic E-state index is 0.0459. The van der Waals surface area contributed by atoms with Gasteiger partial charge < -0.3 is 19.8 Å². The Morgan fingerprint density at radius 2 is 1.83 bits per heavy atom. The number of ketones is 1. The Hall–Kier alpha value is -4.58. The summed E-state index contributed by atoms with van der Waals surface area (Å²) < 4.78 is 51.6. The summed E-state index contributed by atoms with van der Waals surface area (Å²) in [7, 11) is 0. The van der Waals surface area contributed by atoms with E-state index in [-0.39, 0.29) is 41.6 Å². The molecule has 4 heterocycles. The molecule has 9 nitrogen and oxygen atoms in total. The topological polar surface area (TPSA) is 115 Å². The maximum absolute atomic E-state index is 13.4. The number of pyridine rings is 1. The van der Waals surface area contributed by atoms with Crippen LogP contribution >= 0.6 is 0 Å². The first-order valence-electron chi connectivity index (χ1n) is 13.1. The molecule has 0 unspecified atom stereocenters. The summed E-state index contributed by atoms with van der Waals surface area (Å²) in [6.07, 6.45) is -3.22. The molecule has 4 aromatic rings. The molecule has 0 saturated carbocycles. The zero-order valence-corrected chi connectivity index (χ0v) is 21.7. The highest BCUT2D eigenvalue weighted by Gasteiger charge is 2.33. The van der Waals surface area contributed by atoms with E-state index in [4.69, 9.17) is 14.1 Å². The van der Waals surface area contributed by atoms with Crippen molar-refractivity contribution in [2.24, 2.45) is 4.99 Å². The van der Waals surface area contributed by atoms with E-state index >= 15 is 0 Å². The van der Waals surface area contributed by atoms with Crippen LogP contribution in [0.15, 0.2) is 76.3 Å². The van der Waals surface area contributed by atoms with Gasteiger partial charge in [-0.25, -0.2) is 4.98 Å². The second-order valence-electron chi connectivity index (χ2n) is 9.74. The van der Waals surface area contributed by atoms with Crippen LogP contribution in [0, 0.1) is 0 Å². The van der Waals surface area contributed by atoms with Gasteiger partial charge in [0.25, 0.3) is 5.89 Å². The van der Waals surface area contributed by atoms with Gasteiger partial charge in [0.1, 0.15) is 0 Å². The van der Waals surface area contributed by atoms with E-state index in [9.17, 15) is 18.0 Å². The minimum atomic E-state index is -4.58. The fourth-order valence-corrected chi connectivity index (χ4v) is 4.85. The summed E-state index contributed by atoms with van der Waals surface area (Å²) in [6.45, 7) is 0.904. The lowest BCUT2D eigenvalue weighted by atomic mass is 9.96. The number of nitrogens with zero attached hydrogens (tertiary/aromatic N) is 4. The molecular weight excluding hydrogens is 537 g/mol. The number of ether oxygens (including phenoxy) is 1. The normalized spacial score (nSPS) is 18.9. The number of hydrogen-bond acceptors (Lipinski definition) is 9. The van der Waals surface area contributed by atoms with Crippen molar-refractivity contribution >= 4 is 23.2 Å². The number of aliphatic imine (C=N–C) groups is 1. The van der Waals surface area contributed by atoms with Gasteiger partial charge in [0.15, 0.2) is 17.6 Å². The molecule has 6 rings (SSSR count). The van der Waals surface area contributed by atoms with E-state index in [1.807, 2.05) is 54.6 Å². The second-order valence-corrected chi connectivity index (χ2v) is 9.74. The summed E-state index contributed by atoms with van der Waals surface area (Å²) in [4.78, 5) is 22.0. The molecule has 0 spiro atoms. The van der Waals surface area contributed by atoms with Crippen molar-refractivity contribution < 1.29 is 27.1 Å². The van der Waals surface area contributed by atoms with Gasteiger partial charge >= 0.3 is 12.2 Å². The third-order valence-corrected chi connectivity index (χ3v) is 6.89. The van der Waals surface area contributed by atoms with Crippen molar-refractivity contribution in [1.82, 2.24) is 15.2 Å². The Morgan fingerprint density at radius 3 is 2.61 bits per heavy atom. The number of anilines is 2. The molecule has 0 radical (unpaired) electrons. The summed E-state index contributed by atoms with van der Waals surface area (Å²) in [5.74, 6) is -0.331. The first-order valence-corrected chi connectivity index (χ1v) is 13.1. The molecule has 2 aromatic heterocycles. The van der Waals surface area contributed by atoms with Crippen LogP contribution in [-0.4, -0.2) is 52.1 Å². The summed E-state index contributed by atoms with van der Waals surface area (Å²) >= 11 is 0. The van der Waals surface area contributed by atoms with Crippen molar-refractivity contribution in [1.29, 1.82) is 0 Å². The van der Waals surface area contributed by atoms with Gasteiger partial charge in [-0.15, -0.1) is 5.10 Å². The zero-order valence-electron chi connectivity index (χ0n) is 21.7. The molecule has 0 aliphatic carbocycles. The SMILES string of the molecule is O=C1Cc2ccccc2C(c2ccccc2)=N[C@@H]1Nc1nnc(-c2ncc(C(F)(F)F)cc2NC[C@H]2CCCO2)o1. The van der Waals surface area contributed by atoms with Crippen LogP contribution in [-0.2, 0) is 22.1 Å². The molecule has 12 heteroatoms. The minimum Gasteiger partial charge on any atom is -0.402 e. The number of benzene rings is 2. The predicted octanol–water partition coefficient (Wildman–Crippen LogP) is 5.14. The van der Waals surface area contributed by atoms with Gasteiger partial charge in [-0.05, 0) is 24.5 Å². The van der Waals surface area contributed by atoms with E-state index in [0.717, 1.165) is 35.6 Å². The predicted molar refractivity (Wildman–Crippen MR) is 145 cm³/mol. The van der Waals surface area contributed by atoms with E-state index in [1.165, 1.54) is 0 Å². The fourth-order valence-electron chi connectivity index (χ4n) is 4.85. The van der Waals surface area contributed by atoms with E-state index in [1.54, 1.807) is 0 Å². The average molecular weight is 563 g/mol. The standard InChI is InChI=1S/C29H25F3N6O3/c30-29(31,32)19-14-22(33-16-20-10-6-12-40-20)25(34-15-19)27-37-38-28(41-27)36-26-23(39)13-18-9-4-5-11-21(18)24(35-26)17-7-2-1-3-8-17/h1-5,7-9,11,14-15,20,26,33H,6,10,12-13,16H2,(H,36,38)/t20-,26-/m1/s1. The number of carbonyl (C=O) groups excluding carboxylic acids is 1. The smallest absolute Gasteiger partial charge is 0.402 e. The van der Waals surface area contributed by atoms with Crippen LogP contribution in [0.1, 0.15) is 35.1 Å². The van der Waals surface area contributed by atoms with E-state index in [0.29, 0.717) is 25.1 Å². The molecule has 2 atom stereocenters. The maximum atomic E-state index is 13.4. The summed E-state index contributed by atoms with van der Waals surface area (Å²) in [6, 6.07) is 17.9. The zero-order chi connectivity index (χ0) is 28.4. The molecule has 2 aliphatic heterocycles. The van der Waals surface area contributed by atoms with Gasteiger partial charge in [0, 0.05) is 36.9 Å². The third kappa shape index (κ3) is 5.82. The van der Waals surface area contributed by atoms with Gasteiger partial charge in [-0.1, -0.05) is 59.7 Å². The maximum Gasteiger partial charge on any atom is 0.417 e. The van der Waals surface area contributed by atoms with Crippen LogP contribution in [0.4, 0.5) is 24.9 Å². The van der Waals surface area contributed by atoms with Crippen molar-refractivity contribution in [3.05, 3.63) is 89.1 Å². The second kappa shape index (κ2) is 11.1. The van der Waals surface area contributed by atoms with Gasteiger partial charge in [-0.3, -0.25) is 9.79 Å². The molecule has 0 amide bonds. The molecule has 210 valence electrons. The third-order valence-electron chi connectivity index (χ3n) is 6.89.